The Hall–Kier alpha value is -4.27. The first-order valence-electron chi connectivity index (χ1n) is 9.82. The van der Waals surface area contributed by atoms with E-state index in [2.05, 4.69) is 25.7 Å². The summed E-state index contributed by atoms with van der Waals surface area (Å²) in [6.45, 7) is 0.354. The van der Waals surface area contributed by atoms with Crippen molar-refractivity contribution in [2.24, 2.45) is 7.05 Å². The van der Waals surface area contributed by atoms with Crippen LogP contribution < -0.4 is 5.32 Å². The van der Waals surface area contributed by atoms with Crippen LogP contribution in [0.5, 0.6) is 0 Å². The Morgan fingerprint density at radius 1 is 1.16 bits per heavy atom. The fraction of sp³-hybridized carbons (Fsp3) is 0.136. The molecule has 4 N–H and O–H groups in total. The molecule has 4 aromatic heterocycles. The third-order valence-corrected chi connectivity index (χ3v) is 5.44. The SMILES string of the molecule is Cn1c(C(=O)NCc2cccc3[nH]ncc23)c(C=N)c2ccc(Cc3ccn[nH]3)nc21. The van der Waals surface area contributed by atoms with Gasteiger partial charge in [0.25, 0.3) is 5.91 Å². The predicted octanol–water partition coefficient (Wildman–Crippen LogP) is 2.69. The minimum absolute atomic E-state index is 0.255. The van der Waals surface area contributed by atoms with Crippen molar-refractivity contribution in [2.75, 3.05) is 0 Å². The number of benzene rings is 1. The summed E-state index contributed by atoms with van der Waals surface area (Å²) in [5.41, 5.74) is 5.33. The molecule has 0 aliphatic heterocycles. The van der Waals surface area contributed by atoms with Gasteiger partial charge in [-0.05, 0) is 29.8 Å². The lowest BCUT2D eigenvalue weighted by atomic mass is 10.1. The number of carbonyl (C=O) groups excluding carboxylic acids is 1. The van der Waals surface area contributed by atoms with Crippen molar-refractivity contribution in [1.82, 2.24) is 35.3 Å². The first-order valence-corrected chi connectivity index (χ1v) is 9.82. The van der Waals surface area contributed by atoms with Gasteiger partial charge in [-0.25, -0.2) is 4.98 Å². The van der Waals surface area contributed by atoms with Gasteiger partial charge >= 0.3 is 0 Å². The molecule has 0 saturated heterocycles. The molecule has 0 fully saturated rings. The van der Waals surface area contributed by atoms with Crippen LogP contribution in [0.1, 0.15) is 33.0 Å². The number of aromatic nitrogens is 6. The molecule has 0 spiro atoms. The summed E-state index contributed by atoms with van der Waals surface area (Å²) in [6, 6.07) is 11.6. The minimum atomic E-state index is -0.255. The number of hydrogen-bond acceptors (Lipinski definition) is 5. The molecule has 0 unspecified atom stereocenters. The number of aryl methyl sites for hydroxylation is 1. The summed E-state index contributed by atoms with van der Waals surface area (Å²) in [5.74, 6) is -0.255. The number of carbonyl (C=O) groups is 1. The molecule has 31 heavy (non-hydrogen) atoms. The van der Waals surface area contributed by atoms with E-state index in [9.17, 15) is 4.79 Å². The standard InChI is InChI=1S/C22H20N8O/c1-30-20(22(31)24-11-13-3-2-4-19-18(13)12-26-29-19)17(10-23)16-6-5-14(27-21(16)30)9-15-7-8-25-28-15/h2-8,10,12,23H,9,11H2,1H3,(H,24,31)(H,25,28)(H,26,29). The van der Waals surface area contributed by atoms with Crippen LogP contribution in [0.4, 0.5) is 0 Å². The molecule has 5 aromatic rings. The number of pyridine rings is 1. The lowest BCUT2D eigenvalue weighted by molar-refractivity contribution is 0.0943. The number of H-pyrrole nitrogens is 2. The summed E-state index contributed by atoms with van der Waals surface area (Å²) in [5, 5.41) is 26.5. The number of nitrogens with one attached hydrogen (secondary N) is 4. The molecular formula is C22H20N8O. The van der Waals surface area contributed by atoms with Crippen molar-refractivity contribution in [3.05, 3.63) is 77.0 Å². The number of hydrogen-bond donors (Lipinski definition) is 4. The van der Waals surface area contributed by atoms with Gasteiger partial charge in [-0.2, -0.15) is 10.2 Å². The van der Waals surface area contributed by atoms with Gasteiger partial charge in [0.2, 0.25) is 0 Å². The summed E-state index contributed by atoms with van der Waals surface area (Å²) in [4.78, 5) is 17.8. The van der Waals surface area contributed by atoms with Gasteiger partial charge in [0, 0.05) is 60.1 Å². The van der Waals surface area contributed by atoms with E-state index in [0.29, 0.717) is 29.9 Å². The highest BCUT2D eigenvalue weighted by Crippen LogP contribution is 2.24. The van der Waals surface area contributed by atoms with Crippen LogP contribution in [0.25, 0.3) is 21.9 Å². The maximum atomic E-state index is 13.1. The Kier molecular flexibility index (Phi) is 4.55. The largest absolute Gasteiger partial charge is 0.347 e. The lowest BCUT2D eigenvalue weighted by Crippen LogP contribution is -2.26. The number of fused-ring (bicyclic) bond motifs is 2. The molecule has 4 heterocycles. The smallest absolute Gasteiger partial charge is 0.268 e. The summed E-state index contributed by atoms with van der Waals surface area (Å²) < 4.78 is 1.75. The number of amides is 1. The maximum absolute atomic E-state index is 13.1. The van der Waals surface area contributed by atoms with E-state index in [1.165, 1.54) is 6.21 Å². The van der Waals surface area contributed by atoms with Gasteiger partial charge in [-0.15, -0.1) is 0 Å². The van der Waals surface area contributed by atoms with Crippen molar-refractivity contribution < 1.29 is 4.79 Å². The van der Waals surface area contributed by atoms with Gasteiger partial charge in [-0.3, -0.25) is 15.0 Å². The second kappa shape index (κ2) is 7.52. The second-order valence-corrected chi connectivity index (χ2v) is 7.33. The fourth-order valence-electron chi connectivity index (χ4n) is 3.91. The van der Waals surface area contributed by atoms with E-state index in [4.69, 9.17) is 10.4 Å². The van der Waals surface area contributed by atoms with Gasteiger partial charge in [-0.1, -0.05) is 12.1 Å². The van der Waals surface area contributed by atoms with Gasteiger partial charge in [0.15, 0.2) is 0 Å². The topological polar surface area (TPSA) is 128 Å². The molecule has 9 nitrogen and oxygen atoms in total. The molecule has 9 heteroatoms. The van der Waals surface area contributed by atoms with Crippen molar-refractivity contribution in [3.63, 3.8) is 0 Å². The third-order valence-electron chi connectivity index (χ3n) is 5.44. The highest BCUT2D eigenvalue weighted by Gasteiger charge is 2.21. The van der Waals surface area contributed by atoms with Crippen molar-refractivity contribution in [1.29, 1.82) is 5.41 Å². The Balaban J connectivity index is 1.46. The van der Waals surface area contributed by atoms with Crippen LogP contribution in [0.15, 0.2) is 48.8 Å². The Morgan fingerprint density at radius 3 is 2.87 bits per heavy atom. The van der Waals surface area contributed by atoms with E-state index in [1.54, 1.807) is 24.0 Å². The Labute approximate surface area is 177 Å². The van der Waals surface area contributed by atoms with Gasteiger partial charge < -0.3 is 15.3 Å². The number of aromatic amines is 2. The second-order valence-electron chi connectivity index (χ2n) is 7.33. The molecule has 0 aliphatic carbocycles. The van der Waals surface area contributed by atoms with Crippen molar-refractivity contribution in [3.8, 4) is 0 Å². The summed E-state index contributed by atoms with van der Waals surface area (Å²) in [6.07, 6.45) is 5.28. The quantitative estimate of drug-likeness (QED) is 0.320. The highest BCUT2D eigenvalue weighted by atomic mass is 16.1. The average molecular weight is 412 g/mol. The maximum Gasteiger partial charge on any atom is 0.268 e. The van der Waals surface area contributed by atoms with Crippen LogP contribution in [0.2, 0.25) is 0 Å². The predicted molar refractivity (Wildman–Crippen MR) is 117 cm³/mol. The molecule has 1 aromatic carbocycles. The highest BCUT2D eigenvalue weighted by molar-refractivity contribution is 6.10. The van der Waals surface area contributed by atoms with E-state index >= 15 is 0 Å². The lowest BCUT2D eigenvalue weighted by Gasteiger charge is -2.08. The van der Waals surface area contributed by atoms with Crippen LogP contribution >= 0.6 is 0 Å². The Morgan fingerprint density at radius 2 is 2.06 bits per heavy atom. The minimum Gasteiger partial charge on any atom is -0.347 e. The molecule has 5 rings (SSSR count). The molecule has 0 bridgehead atoms. The van der Waals surface area contributed by atoms with Crippen molar-refractivity contribution >= 4 is 34.1 Å². The van der Waals surface area contributed by atoms with Crippen LogP contribution in [0.3, 0.4) is 0 Å². The molecular weight excluding hydrogens is 392 g/mol. The third kappa shape index (κ3) is 3.25. The van der Waals surface area contributed by atoms with Gasteiger partial charge in [0.05, 0.1) is 11.7 Å². The first-order chi connectivity index (χ1) is 15.2. The van der Waals surface area contributed by atoms with E-state index in [-0.39, 0.29) is 5.91 Å². The van der Waals surface area contributed by atoms with Gasteiger partial charge in [0.1, 0.15) is 11.3 Å². The number of rotatable bonds is 6. The molecule has 0 atom stereocenters. The van der Waals surface area contributed by atoms with Crippen LogP contribution in [0, 0.1) is 5.41 Å². The summed E-state index contributed by atoms with van der Waals surface area (Å²) in [7, 11) is 1.80. The average Bonchev–Trinajstić information content (AvgIpc) is 3.52. The normalized spacial score (nSPS) is 11.3. The molecule has 0 aliphatic rings. The Bertz CT molecular complexity index is 1410. The molecule has 154 valence electrons. The zero-order chi connectivity index (χ0) is 21.4. The van der Waals surface area contributed by atoms with E-state index in [0.717, 1.165) is 33.2 Å². The van der Waals surface area contributed by atoms with Crippen LogP contribution in [-0.4, -0.2) is 42.1 Å². The fourth-order valence-corrected chi connectivity index (χ4v) is 3.91. The van der Waals surface area contributed by atoms with Crippen molar-refractivity contribution in [2.45, 2.75) is 13.0 Å². The zero-order valence-electron chi connectivity index (χ0n) is 16.8. The molecule has 0 saturated carbocycles. The molecule has 0 radical (unpaired) electrons. The first kappa shape index (κ1) is 18.7. The zero-order valence-corrected chi connectivity index (χ0v) is 16.8. The monoisotopic (exact) mass is 412 g/mol. The van der Waals surface area contributed by atoms with E-state index in [1.807, 2.05) is 36.4 Å². The summed E-state index contributed by atoms with van der Waals surface area (Å²) >= 11 is 0. The molecule has 1 amide bonds. The van der Waals surface area contributed by atoms with Crippen LogP contribution in [-0.2, 0) is 20.0 Å². The van der Waals surface area contributed by atoms with E-state index < -0.39 is 0 Å². The number of nitrogens with zero attached hydrogens (tertiary/aromatic N) is 4.